The lowest BCUT2D eigenvalue weighted by molar-refractivity contribution is -0.134. The van der Waals surface area contributed by atoms with Crippen molar-refractivity contribution in [3.63, 3.8) is 0 Å². The minimum absolute atomic E-state index is 0.181. The number of carbonyl (C=O) groups excluding carboxylic acids is 2. The van der Waals surface area contributed by atoms with Gasteiger partial charge in [0.05, 0.1) is 11.5 Å². The van der Waals surface area contributed by atoms with Gasteiger partial charge in [-0.3, -0.25) is 9.59 Å². The first-order chi connectivity index (χ1) is 9.72. The summed E-state index contributed by atoms with van der Waals surface area (Å²) in [5, 5.41) is 13.8. The maximum absolute atomic E-state index is 12.3. The molecule has 1 fully saturated rings. The average Bonchev–Trinajstić information content (AvgIpc) is 2.86. The van der Waals surface area contributed by atoms with Gasteiger partial charge in [-0.1, -0.05) is 18.9 Å². The minimum Gasteiger partial charge on any atom is -0.394 e. The van der Waals surface area contributed by atoms with E-state index in [0.717, 1.165) is 25.7 Å². The number of rotatable bonds is 4. The molecule has 2 rings (SSSR count). The fourth-order valence-electron chi connectivity index (χ4n) is 2.33. The molecule has 0 spiro atoms. The molecule has 2 amide bonds. The summed E-state index contributed by atoms with van der Waals surface area (Å²) >= 11 is 1.32. The largest absolute Gasteiger partial charge is 0.394 e. The summed E-state index contributed by atoms with van der Waals surface area (Å²) in [4.78, 5) is 26.6. The van der Waals surface area contributed by atoms with Crippen molar-refractivity contribution < 1.29 is 14.7 Å². The summed E-state index contributed by atoms with van der Waals surface area (Å²) in [5.41, 5.74) is 0. The van der Waals surface area contributed by atoms with Gasteiger partial charge in [0.1, 0.15) is 6.04 Å². The molecule has 0 saturated carbocycles. The first-order valence-electron chi connectivity index (χ1n) is 6.96. The predicted octanol–water partition coefficient (Wildman–Crippen LogP) is 1.24. The zero-order chi connectivity index (χ0) is 14.4. The van der Waals surface area contributed by atoms with Crippen LogP contribution in [0, 0.1) is 0 Å². The molecule has 1 saturated heterocycles. The maximum Gasteiger partial charge on any atom is 0.262 e. The van der Waals surface area contributed by atoms with Gasteiger partial charge >= 0.3 is 0 Å². The van der Waals surface area contributed by atoms with Crippen molar-refractivity contribution >= 4 is 23.2 Å². The number of amides is 2. The molecule has 5 nitrogen and oxygen atoms in total. The summed E-state index contributed by atoms with van der Waals surface area (Å²) in [7, 11) is 0. The van der Waals surface area contributed by atoms with Crippen LogP contribution in [0.2, 0.25) is 0 Å². The molecule has 0 radical (unpaired) electrons. The Morgan fingerprint density at radius 1 is 1.30 bits per heavy atom. The van der Waals surface area contributed by atoms with Crippen LogP contribution in [-0.4, -0.2) is 47.6 Å². The summed E-state index contributed by atoms with van der Waals surface area (Å²) < 4.78 is 0. The molecule has 1 aliphatic rings. The van der Waals surface area contributed by atoms with Gasteiger partial charge in [-0.25, -0.2) is 0 Å². The van der Waals surface area contributed by atoms with E-state index in [1.165, 1.54) is 11.3 Å². The van der Waals surface area contributed by atoms with E-state index in [4.69, 9.17) is 0 Å². The first kappa shape index (κ1) is 15.0. The van der Waals surface area contributed by atoms with E-state index in [1.54, 1.807) is 22.4 Å². The standard InChI is InChI=1S/C14H20N2O3S/c17-10-11(15-13(18)12-6-5-9-20-12)14(19)16-7-3-1-2-4-8-16/h5-6,9,11,17H,1-4,7-8,10H2,(H,15,18)/t11-/m0/s1. The Hall–Kier alpha value is -1.40. The Labute approximate surface area is 122 Å². The first-order valence-corrected chi connectivity index (χ1v) is 7.84. The smallest absolute Gasteiger partial charge is 0.262 e. The van der Waals surface area contributed by atoms with Gasteiger partial charge in [-0.05, 0) is 24.3 Å². The van der Waals surface area contributed by atoms with Gasteiger partial charge in [0.15, 0.2) is 0 Å². The predicted molar refractivity (Wildman–Crippen MR) is 77.7 cm³/mol. The van der Waals surface area contributed by atoms with E-state index >= 15 is 0 Å². The molecule has 0 aliphatic carbocycles. The van der Waals surface area contributed by atoms with Crippen LogP contribution in [0.15, 0.2) is 17.5 Å². The van der Waals surface area contributed by atoms with Crippen LogP contribution in [-0.2, 0) is 4.79 Å². The van der Waals surface area contributed by atoms with Crippen molar-refractivity contribution in [3.05, 3.63) is 22.4 Å². The number of thiophene rings is 1. The van der Waals surface area contributed by atoms with E-state index < -0.39 is 6.04 Å². The zero-order valence-corrected chi connectivity index (χ0v) is 12.2. The summed E-state index contributed by atoms with van der Waals surface area (Å²) in [6, 6.07) is 2.64. The molecule has 0 aromatic carbocycles. The quantitative estimate of drug-likeness (QED) is 0.878. The second kappa shape index (κ2) is 7.40. The monoisotopic (exact) mass is 296 g/mol. The van der Waals surface area contributed by atoms with Crippen LogP contribution < -0.4 is 5.32 Å². The molecule has 20 heavy (non-hydrogen) atoms. The van der Waals surface area contributed by atoms with E-state index in [0.29, 0.717) is 18.0 Å². The van der Waals surface area contributed by atoms with Gasteiger partial charge in [0.25, 0.3) is 5.91 Å². The van der Waals surface area contributed by atoms with Crippen molar-refractivity contribution in [3.8, 4) is 0 Å². The molecular formula is C14H20N2O3S. The number of likely N-dealkylation sites (tertiary alicyclic amines) is 1. The second-order valence-electron chi connectivity index (χ2n) is 4.93. The number of hydrogen-bond donors (Lipinski definition) is 2. The fourth-order valence-corrected chi connectivity index (χ4v) is 2.96. The number of aliphatic hydroxyl groups is 1. The Bertz CT molecular complexity index is 439. The van der Waals surface area contributed by atoms with E-state index in [2.05, 4.69) is 5.32 Å². The lowest BCUT2D eigenvalue weighted by atomic mass is 10.2. The Balaban J connectivity index is 1.96. The zero-order valence-electron chi connectivity index (χ0n) is 11.4. The van der Waals surface area contributed by atoms with Crippen molar-refractivity contribution in [2.24, 2.45) is 0 Å². The number of hydrogen-bond acceptors (Lipinski definition) is 4. The topological polar surface area (TPSA) is 69.6 Å². The maximum atomic E-state index is 12.3. The molecule has 0 unspecified atom stereocenters. The highest BCUT2D eigenvalue weighted by Gasteiger charge is 2.26. The van der Waals surface area contributed by atoms with Crippen molar-refractivity contribution in [1.29, 1.82) is 0 Å². The van der Waals surface area contributed by atoms with E-state index in [1.807, 2.05) is 0 Å². The van der Waals surface area contributed by atoms with Crippen LogP contribution in [0.3, 0.4) is 0 Å². The average molecular weight is 296 g/mol. The third kappa shape index (κ3) is 3.80. The van der Waals surface area contributed by atoms with Crippen LogP contribution >= 0.6 is 11.3 Å². The SMILES string of the molecule is O=C(N[C@@H](CO)C(=O)N1CCCCCC1)c1cccs1. The molecule has 1 aliphatic heterocycles. The lowest BCUT2D eigenvalue weighted by Gasteiger charge is -2.25. The molecule has 1 aromatic rings. The van der Waals surface area contributed by atoms with Crippen molar-refractivity contribution in [2.45, 2.75) is 31.7 Å². The third-order valence-electron chi connectivity index (χ3n) is 3.45. The van der Waals surface area contributed by atoms with E-state index in [9.17, 15) is 14.7 Å². The molecule has 2 heterocycles. The highest BCUT2D eigenvalue weighted by molar-refractivity contribution is 7.12. The van der Waals surface area contributed by atoms with Gasteiger partial charge < -0.3 is 15.3 Å². The Kier molecular flexibility index (Phi) is 5.55. The summed E-state index contributed by atoms with van der Waals surface area (Å²) in [6.07, 6.45) is 4.25. The van der Waals surface area contributed by atoms with Crippen LogP contribution in [0.4, 0.5) is 0 Å². The third-order valence-corrected chi connectivity index (χ3v) is 4.32. The van der Waals surface area contributed by atoms with Crippen molar-refractivity contribution in [2.75, 3.05) is 19.7 Å². The molecule has 110 valence electrons. The summed E-state index contributed by atoms with van der Waals surface area (Å²) in [5.74, 6) is -0.485. The molecule has 1 aromatic heterocycles. The van der Waals surface area contributed by atoms with Gasteiger partial charge in [-0.2, -0.15) is 0 Å². The van der Waals surface area contributed by atoms with Crippen molar-refractivity contribution in [1.82, 2.24) is 10.2 Å². The molecule has 2 N–H and O–H groups in total. The Morgan fingerprint density at radius 2 is 2.00 bits per heavy atom. The molecular weight excluding hydrogens is 276 g/mol. The van der Waals surface area contributed by atoms with Gasteiger partial charge in [-0.15, -0.1) is 11.3 Å². The van der Waals surface area contributed by atoms with E-state index in [-0.39, 0.29) is 18.4 Å². The summed E-state index contributed by atoms with van der Waals surface area (Å²) in [6.45, 7) is 1.06. The van der Waals surface area contributed by atoms with Gasteiger partial charge in [0.2, 0.25) is 5.91 Å². The highest BCUT2D eigenvalue weighted by atomic mass is 32.1. The van der Waals surface area contributed by atoms with Crippen LogP contribution in [0.5, 0.6) is 0 Å². The number of aliphatic hydroxyl groups excluding tert-OH is 1. The normalized spacial score (nSPS) is 17.4. The fraction of sp³-hybridized carbons (Fsp3) is 0.571. The highest BCUT2D eigenvalue weighted by Crippen LogP contribution is 2.12. The molecule has 6 heteroatoms. The second-order valence-corrected chi connectivity index (χ2v) is 5.87. The van der Waals surface area contributed by atoms with Crippen LogP contribution in [0.1, 0.15) is 35.4 Å². The molecule has 1 atom stereocenters. The minimum atomic E-state index is -0.845. The molecule has 0 bridgehead atoms. The number of nitrogens with one attached hydrogen (secondary N) is 1. The lowest BCUT2D eigenvalue weighted by Crippen LogP contribution is -2.50. The van der Waals surface area contributed by atoms with Gasteiger partial charge in [0, 0.05) is 13.1 Å². The van der Waals surface area contributed by atoms with Crippen LogP contribution in [0.25, 0.3) is 0 Å². The Morgan fingerprint density at radius 3 is 2.55 bits per heavy atom. The number of carbonyl (C=O) groups is 2. The number of nitrogens with zero attached hydrogens (tertiary/aromatic N) is 1.